The van der Waals surface area contributed by atoms with Crippen LogP contribution in [-0.2, 0) is 22.7 Å². The van der Waals surface area contributed by atoms with E-state index in [9.17, 15) is 26.0 Å². The summed E-state index contributed by atoms with van der Waals surface area (Å²) in [5.41, 5.74) is -1.23. The third kappa shape index (κ3) is 6.40. The summed E-state index contributed by atoms with van der Waals surface area (Å²) in [6, 6.07) is 5.11. The fourth-order valence-corrected chi connectivity index (χ4v) is 6.23. The molecule has 9 nitrogen and oxygen atoms in total. The summed E-state index contributed by atoms with van der Waals surface area (Å²) in [4.78, 5) is 14.2. The number of nitrogens with one attached hydrogen (secondary N) is 1. The molecular formula is C25H28ClF4N7O2S. The number of likely N-dealkylation sites (tertiary alicyclic amines) is 1. The van der Waals surface area contributed by atoms with Gasteiger partial charge in [0.15, 0.2) is 0 Å². The molecule has 0 aliphatic carbocycles. The topological polar surface area (TPSA) is 96.3 Å². The fraction of sp³-hybridized carbons (Fsp3) is 0.480. The van der Waals surface area contributed by atoms with Gasteiger partial charge in [-0.2, -0.15) is 13.2 Å². The number of sulfonamides is 1. The third-order valence-electron chi connectivity index (χ3n) is 6.98. The minimum absolute atomic E-state index is 0.00638. The predicted octanol–water partition coefficient (Wildman–Crippen LogP) is 4.38. The minimum atomic E-state index is -4.72. The Bertz CT molecular complexity index is 1500. The van der Waals surface area contributed by atoms with E-state index in [4.69, 9.17) is 11.6 Å². The van der Waals surface area contributed by atoms with Gasteiger partial charge in [-0.05, 0) is 37.5 Å². The van der Waals surface area contributed by atoms with Gasteiger partial charge in [-0.3, -0.25) is 4.90 Å². The zero-order valence-corrected chi connectivity index (χ0v) is 23.4. The van der Waals surface area contributed by atoms with Crippen molar-refractivity contribution in [2.75, 3.05) is 37.8 Å². The number of aromatic nitrogens is 4. The van der Waals surface area contributed by atoms with Crippen LogP contribution < -0.4 is 5.32 Å². The van der Waals surface area contributed by atoms with Crippen molar-refractivity contribution in [1.29, 1.82) is 0 Å². The summed E-state index contributed by atoms with van der Waals surface area (Å²) in [6.07, 6.45) is 0.830. The smallest absolute Gasteiger partial charge is 0.351 e. The summed E-state index contributed by atoms with van der Waals surface area (Å²) >= 11 is 6.50. The Hall–Kier alpha value is -2.81. The highest BCUT2D eigenvalue weighted by Gasteiger charge is 2.39. The van der Waals surface area contributed by atoms with Crippen molar-refractivity contribution < 1.29 is 26.0 Å². The molecule has 1 N–H and O–H groups in total. The number of halogens is 5. The molecular weight excluding hydrogens is 574 g/mol. The molecule has 2 aliphatic heterocycles. The van der Waals surface area contributed by atoms with Crippen LogP contribution in [0, 0.1) is 0 Å². The van der Waals surface area contributed by atoms with Crippen molar-refractivity contribution in [3.05, 3.63) is 53.1 Å². The van der Waals surface area contributed by atoms with Crippen LogP contribution in [-0.4, -0.2) is 81.3 Å². The van der Waals surface area contributed by atoms with Gasteiger partial charge in [-0.1, -0.05) is 17.7 Å². The molecule has 2 saturated heterocycles. The number of alkyl halides is 4. The quantitative estimate of drug-likeness (QED) is 0.402. The maximum atomic E-state index is 13.9. The molecule has 3 aromatic rings. The second-order valence-electron chi connectivity index (χ2n) is 10.5. The lowest BCUT2D eigenvalue weighted by Crippen LogP contribution is -2.56. The highest BCUT2D eigenvalue weighted by molar-refractivity contribution is 7.88. The van der Waals surface area contributed by atoms with Crippen LogP contribution in [0.15, 0.2) is 36.9 Å². The monoisotopic (exact) mass is 601 g/mol. The van der Waals surface area contributed by atoms with Gasteiger partial charge >= 0.3 is 6.18 Å². The largest absolute Gasteiger partial charge is 0.420 e. The first-order valence-corrected chi connectivity index (χ1v) is 14.8. The Labute approximate surface area is 234 Å². The molecule has 0 spiro atoms. The first-order chi connectivity index (χ1) is 18.7. The van der Waals surface area contributed by atoms with Gasteiger partial charge < -0.3 is 9.88 Å². The van der Waals surface area contributed by atoms with Crippen molar-refractivity contribution in [2.45, 2.75) is 44.2 Å². The number of benzene rings is 1. The first-order valence-electron chi connectivity index (χ1n) is 12.6. The molecule has 5 rings (SSSR count). The van der Waals surface area contributed by atoms with Gasteiger partial charge in [0.2, 0.25) is 16.0 Å². The van der Waals surface area contributed by atoms with Crippen LogP contribution in [0.25, 0.3) is 17.1 Å². The van der Waals surface area contributed by atoms with Crippen LogP contribution in [0.3, 0.4) is 0 Å². The number of anilines is 1. The summed E-state index contributed by atoms with van der Waals surface area (Å²) in [7, 11) is -3.31. The molecule has 0 saturated carbocycles. The molecule has 216 valence electrons. The van der Waals surface area contributed by atoms with Crippen LogP contribution >= 0.6 is 11.6 Å². The number of imidazole rings is 1. The Kier molecular flexibility index (Phi) is 7.57. The van der Waals surface area contributed by atoms with Crippen LogP contribution in [0.2, 0.25) is 5.02 Å². The summed E-state index contributed by atoms with van der Waals surface area (Å²) in [5.74, 6) is -0.00638. The second-order valence-corrected chi connectivity index (χ2v) is 12.9. The number of rotatable bonds is 7. The Balaban J connectivity index is 1.35. The number of piperidine rings is 1. The Morgan fingerprint density at radius 1 is 1.18 bits per heavy atom. The van der Waals surface area contributed by atoms with E-state index in [-0.39, 0.29) is 17.7 Å². The SMILES string of the molecule is CC1(F)CN(Cc2ccc(-n3cnc(-c4nc(NC5CCN(S(C)(=O)=O)CC5)ncc4C(F)(F)F)c3)c(Cl)c2)C1. The predicted molar refractivity (Wildman–Crippen MR) is 142 cm³/mol. The van der Waals surface area contributed by atoms with Gasteiger partial charge in [-0.25, -0.2) is 32.1 Å². The molecule has 40 heavy (non-hydrogen) atoms. The van der Waals surface area contributed by atoms with Gasteiger partial charge in [0.05, 0.1) is 17.0 Å². The van der Waals surface area contributed by atoms with Crippen molar-refractivity contribution in [2.24, 2.45) is 0 Å². The normalized spacial score (nSPS) is 19.0. The average molecular weight is 602 g/mol. The molecule has 2 aromatic heterocycles. The molecule has 0 atom stereocenters. The lowest BCUT2D eigenvalue weighted by atomic mass is 9.98. The number of hydrogen-bond donors (Lipinski definition) is 1. The maximum absolute atomic E-state index is 13.9. The molecule has 0 radical (unpaired) electrons. The van der Waals surface area contributed by atoms with E-state index in [1.165, 1.54) is 21.4 Å². The molecule has 15 heteroatoms. The summed E-state index contributed by atoms with van der Waals surface area (Å²) in [6.45, 7) is 3.36. The first kappa shape index (κ1) is 28.7. The van der Waals surface area contributed by atoms with E-state index >= 15 is 0 Å². The second kappa shape index (κ2) is 10.5. The van der Waals surface area contributed by atoms with E-state index in [2.05, 4.69) is 20.3 Å². The molecule has 4 heterocycles. The minimum Gasteiger partial charge on any atom is -0.351 e. The van der Waals surface area contributed by atoms with E-state index in [1.54, 1.807) is 19.1 Å². The van der Waals surface area contributed by atoms with E-state index in [0.29, 0.717) is 56.3 Å². The van der Waals surface area contributed by atoms with Gasteiger partial charge in [-0.15, -0.1) is 0 Å². The maximum Gasteiger partial charge on any atom is 0.420 e. The third-order valence-corrected chi connectivity index (χ3v) is 8.58. The molecule has 2 aliphatic rings. The van der Waals surface area contributed by atoms with Crippen LogP contribution in [0.4, 0.5) is 23.5 Å². The fourth-order valence-electron chi connectivity index (χ4n) is 5.06. The highest BCUT2D eigenvalue weighted by Crippen LogP contribution is 2.36. The van der Waals surface area contributed by atoms with Crippen molar-refractivity contribution in [3.8, 4) is 17.1 Å². The standard InChI is InChI=1S/C25H28ClF4N7O2S/c1-24(27)13-35(14-24)11-16-3-4-21(19(26)9-16)36-12-20(32-15-36)22-18(25(28,29)30)10-31-23(34-22)33-17-5-7-37(8-6-17)40(2,38)39/h3-4,9-10,12,15,17H,5-8,11,13-14H2,1-2H3,(H,31,33,34). The molecule has 2 fully saturated rings. The van der Waals surface area contributed by atoms with Crippen molar-refractivity contribution in [3.63, 3.8) is 0 Å². The zero-order chi connectivity index (χ0) is 28.9. The molecule has 0 bridgehead atoms. The summed E-state index contributed by atoms with van der Waals surface area (Å²) in [5, 5.41) is 3.40. The lowest BCUT2D eigenvalue weighted by Gasteiger charge is -2.42. The van der Waals surface area contributed by atoms with Crippen molar-refractivity contribution >= 4 is 27.6 Å². The van der Waals surface area contributed by atoms with Gasteiger partial charge in [0.25, 0.3) is 0 Å². The number of nitrogens with zero attached hydrogens (tertiary/aromatic N) is 6. The highest BCUT2D eigenvalue weighted by atomic mass is 35.5. The van der Waals surface area contributed by atoms with E-state index < -0.39 is 33.1 Å². The van der Waals surface area contributed by atoms with E-state index in [0.717, 1.165) is 18.0 Å². The lowest BCUT2D eigenvalue weighted by molar-refractivity contribution is -0.137. The van der Waals surface area contributed by atoms with Crippen molar-refractivity contribution in [1.82, 2.24) is 28.7 Å². The van der Waals surface area contributed by atoms with Crippen LogP contribution in [0.5, 0.6) is 0 Å². The molecule has 0 unspecified atom stereocenters. The average Bonchev–Trinajstić information content (AvgIpc) is 3.32. The Morgan fingerprint density at radius 2 is 1.88 bits per heavy atom. The van der Waals surface area contributed by atoms with E-state index in [1.807, 2.05) is 11.0 Å². The van der Waals surface area contributed by atoms with Gasteiger partial charge in [0, 0.05) is 51.2 Å². The van der Waals surface area contributed by atoms with Gasteiger partial charge in [0.1, 0.15) is 28.9 Å². The summed E-state index contributed by atoms with van der Waals surface area (Å²) < 4.78 is 81.7. The number of hydrogen-bond acceptors (Lipinski definition) is 7. The Morgan fingerprint density at radius 3 is 2.48 bits per heavy atom. The van der Waals surface area contributed by atoms with Crippen LogP contribution in [0.1, 0.15) is 30.9 Å². The molecule has 0 amide bonds. The zero-order valence-electron chi connectivity index (χ0n) is 21.8. The molecule has 1 aromatic carbocycles.